The lowest BCUT2D eigenvalue weighted by Gasteiger charge is -2.19. The summed E-state index contributed by atoms with van der Waals surface area (Å²) in [4.78, 5) is 2.22. The number of rotatable bonds is 6. The minimum atomic E-state index is 0.206. The fourth-order valence-electron chi connectivity index (χ4n) is 2.38. The van der Waals surface area contributed by atoms with Gasteiger partial charge in [0.15, 0.2) is 0 Å². The van der Waals surface area contributed by atoms with Gasteiger partial charge >= 0.3 is 0 Å². The van der Waals surface area contributed by atoms with E-state index in [1.165, 1.54) is 5.56 Å². The minimum Gasteiger partial charge on any atom is -0.395 e. The normalized spacial score (nSPS) is 11.2. The number of aromatic nitrogens is 2. The van der Waals surface area contributed by atoms with Crippen LogP contribution in [-0.2, 0) is 6.54 Å². The highest BCUT2D eigenvalue weighted by atomic mass is 16.3. The molecule has 0 bridgehead atoms. The lowest BCUT2D eigenvalue weighted by atomic mass is 10.2. The molecule has 1 aromatic carbocycles. The Hall–Kier alpha value is -1.65. The van der Waals surface area contributed by atoms with Crippen LogP contribution >= 0.6 is 0 Å². The second-order valence-corrected chi connectivity index (χ2v) is 5.10. The van der Waals surface area contributed by atoms with Gasteiger partial charge in [0.2, 0.25) is 0 Å². The zero-order chi connectivity index (χ0) is 14.5. The smallest absolute Gasteiger partial charge is 0.0648 e. The number of likely N-dealkylation sites (N-methyl/N-ethyl adjacent to an activating group) is 1. The van der Waals surface area contributed by atoms with E-state index in [0.717, 1.165) is 36.7 Å². The molecule has 2 rings (SSSR count). The van der Waals surface area contributed by atoms with Crippen LogP contribution in [0, 0.1) is 13.8 Å². The van der Waals surface area contributed by atoms with Crippen LogP contribution in [0.5, 0.6) is 0 Å². The van der Waals surface area contributed by atoms with Gasteiger partial charge < -0.3 is 5.11 Å². The van der Waals surface area contributed by atoms with Gasteiger partial charge in [-0.3, -0.25) is 4.90 Å². The van der Waals surface area contributed by atoms with Gasteiger partial charge in [0.05, 0.1) is 18.0 Å². The van der Waals surface area contributed by atoms with Crippen LogP contribution in [-0.4, -0.2) is 39.5 Å². The number of aryl methyl sites for hydroxylation is 2. The molecule has 0 aliphatic heterocycles. The van der Waals surface area contributed by atoms with Crippen molar-refractivity contribution in [1.29, 1.82) is 0 Å². The Kier molecular flexibility index (Phi) is 4.93. The molecule has 0 aliphatic carbocycles. The molecule has 0 fully saturated rings. The summed E-state index contributed by atoms with van der Waals surface area (Å²) in [5, 5.41) is 13.5. The van der Waals surface area contributed by atoms with Gasteiger partial charge in [-0.05, 0) is 44.2 Å². The quantitative estimate of drug-likeness (QED) is 0.878. The van der Waals surface area contributed by atoms with Crippen LogP contribution in [0.3, 0.4) is 0 Å². The number of nitrogens with zero attached hydrogens (tertiary/aromatic N) is 3. The van der Waals surface area contributed by atoms with Gasteiger partial charge in [-0.2, -0.15) is 5.10 Å². The summed E-state index contributed by atoms with van der Waals surface area (Å²) in [6.45, 7) is 8.92. The summed E-state index contributed by atoms with van der Waals surface area (Å²) in [5.74, 6) is 0. The van der Waals surface area contributed by atoms with E-state index in [1.807, 2.05) is 11.6 Å². The van der Waals surface area contributed by atoms with E-state index in [9.17, 15) is 0 Å². The molecule has 20 heavy (non-hydrogen) atoms. The second-order valence-electron chi connectivity index (χ2n) is 5.10. The molecule has 2 aromatic rings. The van der Waals surface area contributed by atoms with Crippen LogP contribution in [0.1, 0.15) is 23.9 Å². The van der Waals surface area contributed by atoms with Gasteiger partial charge in [-0.15, -0.1) is 0 Å². The van der Waals surface area contributed by atoms with E-state index >= 15 is 0 Å². The third kappa shape index (κ3) is 3.46. The summed E-state index contributed by atoms with van der Waals surface area (Å²) in [6, 6.07) is 10.5. The van der Waals surface area contributed by atoms with Gasteiger partial charge in [0.1, 0.15) is 0 Å². The number of aliphatic hydroxyl groups excluding tert-OH is 1. The van der Waals surface area contributed by atoms with Crippen molar-refractivity contribution in [3.8, 4) is 5.69 Å². The van der Waals surface area contributed by atoms with E-state index in [1.54, 1.807) is 0 Å². The Balaban J connectivity index is 2.12. The molecule has 108 valence electrons. The van der Waals surface area contributed by atoms with Crippen molar-refractivity contribution in [2.75, 3.05) is 19.7 Å². The van der Waals surface area contributed by atoms with Crippen LogP contribution in [0.2, 0.25) is 0 Å². The largest absolute Gasteiger partial charge is 0.395 e. The van der Waals surface area contributed by atoms with Gasteiger partial charge in [0, 0.05) is 18.8 Å². The Morgan fingerprint density at radius 3 is 2.40 bits per heavy atom. The van der Waals surface area contributed by atoms with Gasteiger partial charge in [0.25, 0.3) is 0 Å². The highest BCUT2D eigenvalue weighted by Gasteiger charge is 2.05. The molecule has 4 heteroatoms. The third-order valence-electron chi connectivity index (χ3n) is 3.46. The molecule has 0 spiro atoms. The van der Waals surface area contributed by atoms with E-state index < -0.39 is 0 Å². The highest BCUT2D eigenvalue weighted by Crippen LogP contribution is 2.14. The van der Waals surface area contributed by atoms with E-state index in [0.29, 0.717) is 0 Å². The number of benzene rings is 1. The number of hydrogen-bond donors (Lipinski definition) is 1. The van der Waals surface area contributed by atoms with E-state index in [-0.39, 0.29) is 6.61 Å². The fraction of sp³-hybridized carbons (Fsp3) is 0.438. The molecular weight excluding hydrogens is 250 g/mol. The maximum absolute atomic E-state index is 9.02. The molecule has 0 aliphatic rings. The predicted molar refractivity (Wildman–Crippen MR) is 81.1 cm³/mol. The van der Waals surface area contributed by atoms with Crippen LogP contribution < -0.4 is 0 Å². The first-order valence-electron chi connectivity index (χ1n) is 7.10. The molecule has 1 aromatic heterocycles. The van der Waals surface area contributed by atoms with Gasteiger partial charge in [-0.1, -0.05) is 19.1 Å². The predicted octanol–water partition coefficient (Wildman–Crippen LogP) is 2.30. The molecule has 0 radical (unpaired) electrons. The molecule has 0 saturated heterocycles. The van der Waals surface area contributed by atoms with Crippen molar-refractivity contribution in [1.82, 2.24) is 14.7 Å². The SMILES string of the molecule is CCN(CCO)Cc1ccc(-n2nc(C)cc2C)cc1. The highest BCUT2D eigenvalue weighted by molar-refractivity contribution is 5.36. The van der Waals surface area contributed by atoms with Crippen molar-refractivity contribution in [2.45, 2.75) is 27.3 Å². The topological polar surface area (TPSA) is 41.3 Å². The Morgan fingerprint density at radius 1 is 1.20 bits per heavy atom. The van der Waals surface area contributed by atoms with Crippen LogP contribution in [0.4, 0.5) is 0 Å². The average molecular weight is 273 g/mol. The lowest BCUT2D eigenvalue weighted by Crippen LogP contribution is -2.26. The Bertz CT molecular complexity index is 545. The van der Waals surface area contributed by atoms with Crippen LogP contribution in [0.25, 0.3) is 5.69 Å². The first kappa shape index (κ1) is 14.8. The van der Waals surface area contributed by atoms with Crippen LogP contribution in [0.15, 0.2) is 30.3 Å². The van der Waals surface area contributed by atoms with E-state index in [4.69, 9.17) is 5.11 Å². The molecular formula is C16H23N3O. The summed E-state index contributed by atoms with van der Waals surface area (Å²) in [6.07, 6.45) is 0. The molecule has 1 N–H and O–H groups in total. The zero-order valence-corrected chi connectivity index (χ0v) is 12.5. The standard InChI is InChI=1S/C16H23N3O/c1-4-18(9-10-20)12-15-5-7-16(8-6-15)19-14(3)11-13(2)17-19/h5-8,11,20H,4,9-10,12H2,1-3H3. The average Bonchev–Trinajstić information content (AvgIpc) is 2.78. The summed E-state index contributed by atoms with van der Waals surface area (Å²) in [5.41, 5.74) is 4.52. The summed E-state index contributed by atoms with van der Waals surface area (Å²) >= 11 is 0. The molecule has 1 heterocycles. The van der Waals surface area contributed by atoms with E-state index in [2.05, 4.69) is 54.2 Å². The molecule has 0 saturated carbocycles. The molecule has 0 amide bonds. The van der Waals surface area contributed by atoms with Crippen molar-refractivity contribution < 1.29 is 5.11 Å². The molecule has 4 nitrogen and oxygen atoms in total. The second kappa shape index (κ2) is 6.68. The molecule has 0 atom stereocenters. The van der Waals surface area contributed by atoms with Crippen molar-refractivity contribution >= 4 is 0 Å². The fourth-order valence-corrected chi connectivity index (χ4v) is 2.38. The van der Waals surface area contributed by atoms with Crippen molar-refractivity contribution in [2.24, 2.45) is 0 Å². The third-order valence-corrected chi connectivity index (χ3v) is 3.46. The van der Waals surface area contributed by atoms with Crippen molar-refractivity contribution in [3.05, 3.63) is 47.3 Å². The Morgan fingerprint density at radius 2 is 1.90 bits per heavy atom. The summed E-state index contributed by atoms with van der Waals surface area (Å²) in [7, 11) is 0. The lowest BCUT2D eigenvalue weighted by molar-refractivity contribution is 0.197. The first-order chi connectivity index (χ1) is 9.63. The zero-order valence-electron chi connectivity index (χ0n) is 12.5. The minimum absolute atomic E-state index is 0.206. The Labute approximate surface area is 120 Å². The first-order valence-corrected chi connectivity index (χ1v) is 7.10. The molecule has 0 unspecified atom stereocenters. The van der Waals surface area contributed by atoms with Gasteiger partial charge in [-0.25, -0.2) is 4.68 Å². The number of hydrogen-bond acceptors (Lipinski definition) is 3. The summed E-state index contributed by atoms with van der Waals surface area (Å²) < 4.78 is 1.96. The maximum atomic E-state index is 9.02. The maximum Gasteiger partial charge on any atom is 0.0648 e. The monoisotopic (exact) mass is 273 g/mol. The number of aliphatic hydroxyl groups is 1. The van der Waals surface area contributed by atoms with Crippen molar-refractivity contribution in [3.63, 3.8) is 0 Å².